The summed E-state index contributed by atoms with van der Waals surface area (Å²) in [5.74, 6) is 1.66. The molecule has 90 valence electrons. The van der Waals surface area contributed by atoms with E-state index < -0.39 is 0 Å². The van der Waals surface area contributed by atoms with Crippen LogP contribution in [0.3, 0.4) is 0 Å². The number of thiophene rings is 1. The summed E-state index contributed by atoms with van der Waals surface area (Å²) in [6.45, 7) is 1.98. The van der Waals surface area contributed by atoms with Crippen molar-refractivity contribution in [3.8, 4) is 22.6 Å². The first-order chi connectivity index (χ1) is 8.17. The van der Waals surface area contributed by atoms with E-state index in [-0.39, 0.29) is 0 Å². The second kappa shape index (κ2) is 4.67. The Kier molecular flexibility index (Phi) is 3.24. The topological polar surface area (TPSA) is 44.5 Å². The van der Waals surface area contributed by atoms with Crippen molar-refractivity contribution < 1.29 is 9.47 Å². The van der Waals surface area contributed by atoms with E-state index in [4.69, 9.17) is 15.2 Å². The monoisotopic (exact) mass is 249 g/mol. The Labute approximate surface area is 105 Å². The van der Waals surface area contributed by atoms with Crippen LogP contribution in [0.5, 0.6) is 11.5 Å². The van der Waals surface area contributed by atoms with Crippen LogP contribution in [0.25, 0.3) is 11.1 Å². The second-order valence-corrected chi connectivity index (χ2v) is 4.65. The minimum absolute atomic E-state index is 0.801. The molecule has 0 atom stereocenters. The first-order valence-electron chi connectivity index (χ1n) is 5.23. The zero-order valence-corrected chi connectivity index (χ0v) is 10.9. The SMILES string of the molecule is COc1ccc(-c2csc(N)c2)c(OC)c1C. The molecule has 3 nitrogen and oxygen atoms in total. The fourth-order valence-corrected chi connectivity index (χ4v) is 2.53. The van der Waals surface area contributed by atoms with Gasteiger partial charge in [0.2, 0.25) is 0 Å². The van der Waals surface area contributed by atoms with E-state index in [9.17, 15) is 0 Å². The number of hydrogen-bond acceptors (Lipinski definition) is 4. The molecule has 0 aliphatic heterocycles. The number of ether oxygens (including phenoxy) is 2. The van der Waals surface area contributed by atoms with Crippen molar-refractivity contribution in [2.24, 2.45) is 0 Å². The number of anilines is 1. The minimum atomic E-state index is 0.801. The van der Waals surface area contributed by atoms with Gasteiger partial charge in [0.1, 0.15) is 11.5 Å². The van der Waals surface area contributed by atoms with Crippen molar-refractivity contribution in [3.63, 3.8) is 0 Å². The highest BCUT2D eigenvalue weighted by Gasteiger charge is 2.13. The zero-order chi connectivity index (χ0) is 12.4. The Hall–Kier alpha value is -1.68. The number of nitrogen functional groups attached to an aromatic ring is 1. The molecule has 0 aliphatic rings. The van der Waals surface area contributed by atoms with Crippen molar-refractivity contribution in [1.82, 2.24) is 0 Å². The van der Waals surface area contributed by atoms with Gasteiger partial charge in [-0.25, -0.2) is 0 Å². The summed E-state index contributed by atoms with van der Waals surface area (Å²) in [6.07, 6.45) is 0. The first-order valence-corrected chi connectivity index (χ1v) is 6.11. The van der Waals surface area contributed by atoms with Gasteiger partial charge in [-0.1, -0.05) is 0 Å². The van der Waals surface area contributed by atoms with E-state index in [0.29, 0.717) is 0 Å². The second-order valence-electron chi connectivity index (χ2n) is 3.71. The average molecular weight is 249 g/mol. The summed E-state index contributed by atoms with van der Waals surface area (Å²) in [5, 5.41) is 2.83. The Morgan fingerprint density at radius 1 is 1.18 bits per heavy atom. The Balaban J connectivity index is 2.58. The Morgan fingerprint density at radius 2 is 1.94 bits per heavy atom. The molecule has 0 saturated carbocycles. The predicted molar refractivity (Wildman–Crippen MR) is 72.0 cm³/mol. The van der Waals surface area contributed by atoms with E-state index in [1.165, 1.54) is 11.3 Å². The third-order valence-corrected chi connectivity index (χ3v) is 3.47. The largest absolute Gasteiger partial charge is 0.496 e. The maximum atomic E-state index is 5.75. The van der Waals surface area contributed by atoms with Gasteiger partial charge in [0, 0.05) is 16.5 Å². The molecule has 0 aliphatic carbocycles. The van der Waals surface area contributed by atoms with E-state index in [1.54, 1.807) is 14.2 Å². The lowest BCUT2D eigenvalue weighted by Crippen LogP contribution is -1.94. The molecule has 2 rings (SSSR count). The molecule has 2 aromatic rings. The van der Waals surface area contributed by atoms with E-state index in [1.807, 2.05) is 30.5 Å². The molecule has 0 fully saturated rings. The van der Waals surface area contributed by atoms with Crippen LogP contribution >= 0.6 is 11.3 Å². The van der Waals surface area contributed by atoms with Crippen LogP contribution in [0.2, 0.25) is 0 Å². The highest BCUT2D eigenvalue weighted by Crippen LogP contribution is 2.39. The van der Waals surface area contributed by atoms with Gasteiger partial charge in [-0.05, 0) is 30.7 Å². The maximum Gasteiger partial charge on any atom is 0.133 e. The molecule has 17 heavy (non-hydrogen) atoms. The van der Waals surface area contributed by atoms with E-state index in [0.717, 1.165) is 33.2 Å². The highest BCUT2D eigenvalue weighted by molar-refractivity contribution is 7.14. The number of methoxy groups -OCH3 is 2. The maximum absolute atomic E-state index is 5.75. The lowest BCUT2D eigenvalue weighted by atomic mass is 10.0. The molecular weight excluding hydrogens is 234 g/mol. The van der Waals surface area contributed by atoms with Crippen LogP contribution < -0.4 is 15.2 Å². The Bertz CT molecular complexity index is 534. The molecule has 0 spiro atoms. The van der Waals surface area contributed by atoms with Gasteiger partial charge in [-0.15, -0.1) is 11.3 Å². The van der Waals surface area contributed by atoms with Crippen molar-refractivity contribution in [2.75, 3.05) is 20.0 Å². The molecule has 1 heterocycles. The predicted octanol–water partition coefficient (Wildman–Crippen LogP) is 3.32. The molecule has 0 radical (unpaired) electrons. The summed E-state index contributed by atoms with van der Waals surface area (Å²) in [6, 6.07) is 5.89. The highest BCUT2D eigenvalue weighted by atomic mass is 32.1. The number of hydrogen-bond donors (Lipinski definition) is 1. The summed E-state index contributed by atoms with van der Waals surface area (Å²) in [7, 11) is 3.32. The number of rotatable bonds is 3. The summed E-state index contributed by atoms with van der Waals surface area (Å²) in [4.78, 5) is 0. The van der Waals surface area contributed by atoms with Crippen LogP contribution in [0.1, 0.15) is 5.56 Å². The molecule has 0 amide bonds. The molecule has 4 heteroatoms. The lowest BCUT2D eigenvalue weighted by Gasteiger charge is -2.13. The summed E-state index contributed by atoms with van der Waals surface area (Å²) < 4.78 is 10.7. The van der Waals surface area contributed by atoms with Gasteiger partial charge in [0.15, 0.2) is 0 Å². The molecule has 0 unspecified atom stereocenters. The Morgan fingerprint density at radius 3 is 2.47 bits per heavy atom. The van der Waals surface area contributed by atoms with Crippen molar-refractivity contribution in [3.05, 3.63) is 29.1 Å². The van der Waals surface area contributed by atoms with E-state index in [2.05, 4.69) is 0 Å². The van der Waals surface area contributed by atoms with Gasteiger partial charge in [-0.3, -0.25) is 0 Å². The van der Waals surface area contributed by atoms with Crippen molar-refractivity contribution in [2.45, 2.75) is 6.92 Å². The normalized spacial score (nSPS) is 10.3. The fraction of sp³-hybridized carbons (Fsp3) is 0.231. The van der Waals surface area contributed by atoms with Crippen LogP contribution in [0.4, 0.5) is 5.00 Å². The quantitative estimate of drug-likeness (QED) is 0.907. The molecule has 1 aromatic heterocycles. The van der Waals surface area contributed by atoms with Crippen LogP contribution in [0, 0.1) is 6.92 Å². The first kappa shape index (κ1) is 11.8. The van der Waals surface area contributed by atoms with Gasteiger partial charge in [0.05, 0.1) is 19.2 Å². The van der Waals surface area contributed by atoms with Gasteiger partial charge in [0.25, 0.3) is 0 Å². The van der Waals surface area contributed by atoms with Crippen LogP contribution in [-0.2, 0) is 0 Å². The smallest absolute Gasteiger partial charge is 0.133 e. The molecule has 2 N–H and O–H groups in total. The molecule has 1 aromatic carbocycles. The molecule has 0 saturated heterocycles. The third-order valence-electron chi connectivity index (χ3n) is 2.71. The fourth-order valence-electron chi connectivity index (χ4n) is 1.88. The summed E-state index contributed by atoms with van der Waals surface area (Å²) in [5.41, 5.74) is 8.87. The minimum Gasteiger partial charge on any atom is -0.496 e. The van der Waals surface area contributed by atoms with Gasteiger partial charge >= 0.3 is 0 Å². The van der Waals surface area contributed by atoms with E-state index >= 15 is 0 Å². The van der Waals surface area contributed by atoms with Crippen LogP contribution in [-0.4, -0.2) is 14.2 Å². The third kappa shape index (κ3) is 2.08. The summed E-state index contributed by atoms with van der Waals surface area (Å²) >= 11 is 1.53. The number of nitrogens with two attached hydrogens (primary N) is 1. The zero-order valence-electron chi connectivity index (χ0n) is 10.1. The molecule has 0 bridgehead atoms. The molecular formula is C13H15NO2S. The van der Waals surface area contributed by atoms with Crippen molar-refractivity contribution in [1.29, 1.82) is 0 Å². The van der Waals surface area contributed by atoms with Gasteiger partial charge in [-0.2, -0.15) is 0 Å². The average Bonchev–Trinajstić information content (AvgIpc) is 2.75. The van der Waals surface area contributed by atoms with Gasteiger partial charge < -0.3 is 15.2 Å². The van der Waals surface area contributed by atoms with Crippen molar-refractivity contribution >= 4 is 16.3 Å². The number of benzene rings is 1. The van der Waals surface area contributed by atoms with Crippen LogP contribution in [0.15, 0.2) is 23.6 Å². The lowest BCUT2D eigenvalue weighted by molar-refractivity contribution is 0.390. The standard InChI is InChI=1S/C13H15NO2S/c1-8-11(15-2)5-4-10(13(8)16-3)9-6-12(14)17-7-9/h4-7H,14H2,1-3H3.